The molecule has 7 nitrogen and oxygen atoms in total. The maximum absolute atomic E-state index is 12.4. The van der Waals surface area contributed by atoms with Crippen LogP contribution in [0, 0.1) is 20.8 Å². The van der Waals surface area contributed by atoms with Gasteiger partial charge in [-0.1, -0.05) is 22.8 Å². The van der Waals surface area contributed by atoms with E-state index in [1.165, 1.54) is 12.4 Å². The zero-order chi connectivity index (χ0) is 18.0. The van der Waals surface area contributed by atoms with E-state index < -0.39 is 0 Å². The minimum absolute atomic E-state index is 0.179. The average molecular weight is 358 g/mol. The third-order valence-corrected chi connectivity index (χ3v) is 3.74. The zero-order valence-electron chi connectivity index (χ0n) is 13.9. The van der Waals surface area contributed by atoms with Gasteiger partial charge >= 0.3 is 0 Å². The Kier molecular flexibility index (Phi) is 4.67. The van der Waals surface area contributed by atoms with E-state index in [1.807, 2.05) is 19.9 Å². The number of nitrogens with zero attached hydrogens (tertiary/aromatic N) is 3. The summed E-state index contributed by atoms with van der Waals surface area (Å²) in [4.78, 5) is 20.6. The van der Waals surface area contributed by atoms with Crippen LogP contribution in [0.4, 0.5) is 17.3 Å². The Morgan fingerprint density at radius 3 is 2.48 bits per heavy atom. The van der Waals surface area contributed by atoms with Crippen LogP contribution < -0.4 is 10.6 Å². The van der Waals surface area contributed by atoms with Gasteiger partial charge in [-0.25, -0.2) is 9.97 Å². The standard InChI is InChI=1S/C17H16ClN5O2/c1-9-4-10(2)16(12(18)5-9)22-17(24)13-7-20-15(8-19-13)21-14-6-11(3)25-23-14/h4-8H,1-3H3,(H,22,24)(H,20,21,23). The number of hydrogen-bond donors (Lipinski definition) is 2. The lowest BCUT2D eigenvalue weighted by Gasteiger charge is -2.11. The molecule has 25 heavy (non-hydrogen) atoms. The number of amides is 1. The first-order chi connectivity index (χ1) is 11.9. The summed E-state index contributed by atoms with van der Waals surface area (Å²) in [6.07, 6.45) is 2.82. The molecule has 128 valence electrons. The Hall–Kier alpha value is -2.93. The lowest BCUT2D eigenvalue weighted by Crippen LogP contribution is -2.15. The first-order valence-corrected chi connectivity index (χ1v) is 7.90. The molecule has 2 heterocycles. The number of aromatic nitrogens is 3. The van der Waals surface area contributed by atoms with Gasteiger partial charge in [-0.15, -0.1) is 0 Å². The van der Waals surface area contributed by atoms with Gasteiger partial charge in [0.05, 0.1) is 23.1 Å². The van der Waals surface area contributed by atoms with Gasteiger partial charge in [-0.05, 0) is 38.0 Å². The molecule has 0 saturated heterocycles. The smallest absolute Gasteiger partial charge is 0.275 e. The van der Waals surface area contributed by atoms with Gasteiger partial charge in [0.25, 0.3) is 5.91 Å². The van der Waals surface area contributed by atoms with E-state index in [-0.39, 0.29) is 11.6 Å². The normalized spacial score (nSPS) is 10.6. The van der Waals surface area contributed by atoms with Gasteiger partial charge in [0.1, 0.15) is 17.3 Å². The third-order valence-electron chi connectivity index (χ3n) is 3.44. The summed E-state index contributed by atoms with van der Waals surface area (Å²) in [6, 6.07) is 5.47. The molecule has 8 heteroatoms. The number of carbonyl (C=O) groups excluding carboxylic acids is 1. The fraction of sp³-hybridized carbons (Fsp3) is 0.176. The summed E-state index contributed by atoms with van der Waals surface area (Å²) in [5, 5.41) is 9.99. The van der Waals surface area contributed by atoms with E-state index in [0.29, 0.717) is 28.1 Å². The van der Waals surface area contributed by atoms with Crippen LogP contribution in [0.2, 0.25) is 5.02 Å². The third kappa shape index (κ3) is 3.95. The number of benzene rings is 1. The monoisotopic (exact) mass is 357 g/mol. The number of anilines is 3. The molecule has 1 aromatic carbocycles. The van der Waals surface area contributed by atoms with Crippen LogP contribution in [0.3, 0.4) is 0 Å². The Labute approximate surface area is 149 Å². The number of aryl methyl sites for hydroxylation is 3. The van der Waals surface area contributed by atoms with Crippen molar-refractivity contribution in [3.05, 3.63) is 58.2 Å². The Bertz CT molecular complexity index is 898. The largest absolute Gasteiger partial charge is 0.360 e. The number of rotatable bonds is 4. The minimum atomic E-state index is -0.384. The highest BCUT2D eigenvalue weighted by Crippen LogP contribution is 2.27. The lowest BCUT2D eigenvalue weighted by molar-refractivity contribution is 0.102. The molecular weight excluding hydrogens is 342 g/mol. The van der Waals surface area contributed by atoms with Crippen molar-refractivity contribution in [1.82, 2.24) is 15.1 Å². The number of hydrogen-bond acceptors (Lipinski definition) is 6. The molecule has 3 rings (SSSR count). The zero-order valence-corrected chi connectivity index (χ0v) is 14.7. The highest BCUT2D eigenvalue weighted by Gasteiger charge is 2.13. The van der Waals surface area contributed by atoms with Gasteiger partial charge in [-0.3, -0.25) is 4.79 Å². The highest BCUT2D eigenvalue weighted by atomic mass is 35.5. The molecule has 0 aliphatic heterocycles. The molecule has 0 unspecified atom stereocenters. The summed E-state index contributed by atoms with van der Waals surface area (Å²) in [7, 11) is 0. The van der Waals surface area contributed by atoms with Crippen LogP contribution in [-0.2, 0) is 0 Å². The van der Waals surface area contributed by atoms with Crippen LogP contribution in [0.5, 0.6) is 0 Å². The molecule has 0 saturated carbocycles. The SMILES string of the molecule is Cc1cc(C)c(NC(=O)c2cnc(Nc3cc(C)on3)cn2)c(Cl)c1. The lowest BCUT2D eigenvalue weighted by atomic mass is 10.1. The predicted octanol–water partition coefficient (Wildman–Crippen LogP) is 4.04. The van der Waals surface area contributed by atoms with E-state index in [0.717, 1.165) is 11.1 Å². The summed E-state index contributed by atoms with van der Waals surface area (Å²) in [5.41, 5.74) is 2.65. The first kappa shape index (κ1) is 16.9. The second-order valence-corrected chi connectivity index (χ2v) is 6.03. The van der Waals surface area contributed by atoms with Crippen molar-refractivity contribution in [2.75, 3.05) is 10.6 Å². The van der Waals surface area contributed by atoms with E-state index in [4.69, 9.17) is 16.1 Å². The molecule has 0 aliphatic rings. The van der Waals surface area contributed by atoms with E-state index in [2.05, 4.69) is 25.8 Å². The second kappa shape index (κ2) is 6.90. The molecular formula is C17H16ClN5O2. The van der Waals surface area contributed by atoms with Crippen LogP contribution >= 0.6 is 11.6 Å². The van der Waals surface area contributed by atoms with Crippen molar-refractivity contribution in [2.24, 2.45) is 0 Å². The Morgan fingerprint density at radius 2 is 1.88 bits per heavy atom. The summed E-state index contributed by atoms with van der Waals surface area (Å²) >= 11 is 6.21. The summed E-state index contributed by atoms with van der Waals surface area (Å²) in [6.45, 7) is 5.61. The molecule has 3 aromatic rings. The molecule has 0 bridgehead atoms. The Morgan fingerprint density at radius 1 is 1.08 bits per heavy atom. The number of carbonyl (C=O) groups is 1. The van der Waals surface area contributed by atoms with Crippen molar-refractivity contribution < 1.29 is 9.32 Å². The molecule has 2 aromatic heterocycles. The van der Waals surface area contributed by atoms with Gasteiger partial charge < -0.3 is 15.2 Å². The maximum Gasteiger partial charge on any atom is 0.275 e. The molecule has 2 N–H and O–H groups in total. The molecule has 0 fully saturated rings. The Balaban J connectivity index is 1.73. The average Bonchev–Trinajstić information content (AvgIpc) is 2.96. The van der Waals surface area contributed by atoms with E-state index in [9.17, 15) is 4.79 Å². The fourth-order valence-electron chi connectivity index (χ4n) is 2.32. The van der Waals surface area contributed by atoms with Gasteiger partial charge in [-0.2, -0.15) is 0 Å². The van der Waals surface area contributed by atoms with Crippen LogP contribution in [0.15, 0.2) is 35.1 Å². The first-order valence-electron chi connectivity index (χ1n) is 7.53. The topological polar surface area (TPSA) is 92.9 Å². The predicted molar refractivity (Wildman–Crippen MR) is 95.4 cm³/mol. The van der Waals surface area contributed by atoms with Crippen LogP contribution in [0.25, 0.3) is 0 Å². The number of nitrogens with one attached hydrogen (secondary N) is 2. The molecule has 1 amide bonds. The summed E-state index contributed by atoms with van der Waals surface area (Å²) in [5.74, 6) is 1.27. The van der Waals surface area contributed by atoms with Crippen molar-refractivity contribution in [3.8, 4) is 0 Å². The maximum atomic E-state index is 12.4. The molecule has 0 atom stereocenters. The minimum Gasteiger partial charge on any atom is -0.360 e. The molecule has 0 aliphatic carbocycles. The van der Waals surface area contributed by atoms with Gasteiger partial charge in [0, 0.05) is 6.07 Å². The second-order valence-electron chi connectivity index (χ2n) is 5.63. The quantitative estimate of drug-likeness (QED) is 0.732. The van der Waals surface area contributed by atoms with Crippen molar-refractivity contribution in [2.45, 2.75) is 20.8 Å². The molecule has 0 spiro atoms. The van der Waals surface area contributed by atoms with Crippen molar-refractivity contribution in [3.63, 3.8) is 0 Å². The van der Waals surface area contributed by atoms with Crippen molar-refractivity contribution in [1.29, 1.82) is 0 Å². The van der Waals surface area contributed by atoms with Crippen molar-refractivity contribution >= 4 is 34.8 Å². The van der Waals surface area contributed by atoms with E-state index >= 15 is 0 Å². The van der Waals surface area contributed by atoms with Gasteiger partial charge in [0.2, 0.25) is 0 Å². The number of halogens is 1. The van der Waals surface area contributed by atoms with Crippen LogP contribution in [0.1, 0.15) is 27.4 Å². The molecule has 0 radical (unpaired) electrons. The summed E-state index contributed by atoms with van der Waals surface area (Å²) < 4.78 is 4.96. The van der Waals surface area contributed by atoms with E-state index in [1.54, 1.807) is 19.1 Å². The van der Waals surface area contributed by atoms with Gasteiger partial charge in [0.15, 0.2) is 5.82 Å². The fourth-order valence-corrected chi connectivity index (χ4v) is 2.69. The highest BCUT2D eigenvalue weighted by molar-refractivity contribution is 6.34. The van der Waals surface area contributed by atoms with Crippen LogP contribution in [-0.4, -0.2) is 21.0 Å².